The summed E-state index contributed by atoms with van der Waals surface area (Å²) in [7, 11) is 0. The number of nitrogens with two attached hydrogens (primary N) is 1. The van der Waals surface area contributed by atoms with Crippen LogP contribution in [0, 0.1) is 5.82 Å². The molecule has 1 unspecified atom stereocenters. The van der Waals surface area contributed by atoms with E-state index in [9.17, 15) is 4.39 Å². The van der Waals surface area contributed by atoms with E-state index in [-0.39, 0.29) is 17.7 Å². The zero-order chi connectivity index (χ0) is 12.8. The molecule has 0 amide bonds. The minimum atomic E-state index is -0.306. The number of rotatable bonds is 5. The van der Waals surface area contributed by atoms with E-state index in [1.165, 1.54) is 6.07 Å². The first-order chi connectivity index (χ1) is 8.06. The van der Waals surface area contributed by atoms with Gasteiger partial charge >= 0.3 is 0 Å². The summed E-state index contributed by atoms with van der Waals surface area (Å²) in [6.07, 6.45) is 1.24. The topological polar surface area (TPSA) is 70.6 Å². The first-order valence-electron chi connectivity index (χ1n) is 5.24. The van der Waals surface area contributed by atoms with Gasteiger partial charge in [0.05, 0.1) is 4.47 Å². The van der Waals surface area contributed by atoms with Crippen molar-refractivity contribution in [1.82, 2.24) is 0 Å². The zero-order valence-corrected chi connectivity index (χ0v) is 11.0. The lowest BCUT2D eigenvalue weighted by Crippen LogP contribution is -2.26. The van der Waals surface area contributed by atoms with Gasteiger partial charge in [-0.3, -0.25) is 0 Å². The Balaban J connectivity index is 2.70. The van der Waals surface area contributed by atoms with Crippen molar-refractivity contribution in [3.05, 3.63) is 28.5 Å². The number of benzene rings is 1. The largest absolute Gasteiger partial charge is 0.409 e. The molecule has 0 aliphatic heterocycles. The maximum atomic E-state index is 13.0. The third kappa shape index (κ3) is 4.22. The molecule has 1 aromatic rings. The second-order valence-electron chi connectivity index (χ2n) is 3.67. The molecule has 0 radical (unpaired) electrons. The van der Waals surface area contributed by atoms with Crippen LogP contribution in [0.3, 0.4) is 0 Å². The quantitative estimate of drug-likeness (QED) is 0.339. The van der Waals surface area contributed by atoms with E-state index in [0.29, 0.717) is 10.9 Å². The van der Waals surface area contributed by atoms with Crippen LogP contribution in [0.4, 0.5) is 10.1 Å². The highest BCUT2D eigenvalue weighted by atomic mass is 79.9. The van der Waals surface area contributed by atoms with E-state index < -0.39 is 0 Å². The molecule has 0 aliphatic carbocycles. The summed E-state index contributed by atoms with van der Waals surface area (Å²) in [5.41, 5.74) is 6.24. The van der Waals surface area contributed by atoms with Gasteiger partial charge in [0, 0.05) is 18.2 Å². The highest BCUT2D eigenvalue weighted by molar-refractivity contribution is 9.10. The van der Waals surface area contributed by atoms with E-state index in [2.05, 4.69) is 26.4 Å². The first-order valence-corrected chi connectivity index (χ1v) is 6.04. The van der Waals surface area contributed by atoms with Crippen molar-refractivity contribution in [3.8, 4) is 0 Å². The Hall–Kier alpha value is -1.30. The van der Waals surface area contributed by atoms with Crippen LogP contribution in [0.5, 0.6) is 0 Å². The van der Waals surface area contributed by atoms with E-state index in [1.54, 1.807) is 12.1 Å². The summed E-state index contributed by atoms with van der Waals surface area (Å²) in [6.45, 7) is 1.99. The maximum Gasteiger partial charge on any atom is 0.141 e. The molecule has 0 heterocycles. The van der Waals surface area contributed by atoms with Gasteiger partial charge in [-0.1, -0.05) is 12.1 Å². The second kappa shape index (κ2) is 6.44. The Morgan fingerprint density at radius 2 is 2.35 bits per heavy atom. The second-order valence-corrected chi connectivity index (χ2v) is 4.53. The Labute approximate surface area is 108 Å². The molecule has 0 bridgehead atoms. The SMILES string of the molecule is CCC(C/C(N)=N/O)Nc1ccc(F)c(Br)c1. The van der Waals surface area contributed by atoms with Gasteiger partial charge < -0.3 is 16.3 Å². The van der Waals surface area contributed by atoms with Crippen molar-refractivity contribution in [2.75, 3.05) is 5.32 Å². The van der Waals surface area contributed by atoms with Gasteiger partial charge in [0.2, 0.25) is 0 Å². The number of hydrogen-bond acceptors (Lipinski definition) is 3. The van der Waals surface area contributed by atoms with Crippen LogP contribution >= 0.6 is 15.9 Å². The number of hydrogen-bond donors (Lipinski definition) is 3. The van der Waals surface area contributed by atoms with Crippen molar-refractivity contribution in [3.63, 3.8) is 0 Å². The van der Waals surface area contributed by atoms with Crippen molar-refractivity contribution in [2.45, 2.75) is 25.8 Å². The van der Waals surface area contributed by atoms with E-state index in [1.807, 2.05) is 6.92 Å². The molecule has 0 aromatic heterocycles. The Morgan fingerprint density at radius 1 is 1.65 bits per heavy atom. The lowest BCUT2D eigenvalue weighted by molar-refractivity contribution is 0.316. The molecule has 1 rings (SSSR count). The molecule has 0 spiro atoms. The number of amidine groups is 1. The lowest BCUT2D eigenvalue weighted by atomic mass is 10.1. The molecular weight excluding hydrogens is 289 g/mol. The van der Waals surface area contributed by atoms with E-state index in [4.69, 9.17) is 10.9 Å². The third-order valence-corrected chi connectivity index (χ3v) is 2.97. The van der Waals surface area contributed by atoms with Gasteiger partial charge in [-0.2, -0.15) is 0 Å². The summed E-state index contributed by atoms with van der Waals surface area (Å²) in [5.74, 6) is -0.134. The molecule has 4 N–H and O–H groups in total. The zero-order valence-electron chi connectivity index (χ0n) is 9.45. The predicted octanol–water partition coefficient (Wildman–Crippen LogP) is 2.92. The molecule has 0 aliphatic rings. The highest BCUT2D eigenvalue weighted by Crippen LogP contribution is 2.21. The summed E-state index contributed by atoms with van der Waals surface area (Å²) >= 11 is 3.12. The fraction of sp³-hybridized carbons (Fsp3) is 0.364. The van der Waals surface area contributed by atoms with Crippen molar-refractivity contribution in [2.24, 2.45) is 10.9 Å². The molecule has 0 fully saturated rings. The van der Waals surface area contributed by atoms with Gasteiger partial charge in [0.25, 0.3) is 0 Å². The Morgan fingerprint density at radius 3 is 2.88 bits per heavy atom. The van der Waals surface area contributed by atoms with Gasteiger partial charge in [0.15, 0.2) is 0 Å². The van der Waals surface area contributed by atoms with E-state index in [0.717, 1.165) is 12.1 Å². The normalized spacial score (nSPS) is 13.5. The molecule has 0 saturated heterocycles. The van der Waals surface area contributed by atoms with Crippen molar-refractivity contribution >= 4 is 27.5 Å². The molecule has 0 saturated carbocycles. The average Bonchev–Trinajstić information content (AvgIpc) is 2.32. The van der Waals surface area contributed by atoms with Crippen LogP contribution in [0.1, 0.15) is 19.8 Å². The molecule has 94 valence electrons. The molecule has 1 aromatic carbocycles. The summed E-state index contributed by atoms with van der Waals surface area (Å²) < 4.78 is 13.4. The number of nitrogens with one attached hydrogen (secondary N) is 1. The number of anilines is 1. The van der Waals surface area contributed by atoms with Crippen LogP contribution in [0.15, 0.2) is 27.8 Å². The van der Waals surface area contributed by atoms with Crippen LogP contribution in [0.25, 0.3) is 0 Å². The number of halogens is 2. The molecule has 17 heavy (non-hydrogen) atoms. The average molecular weight is 304 g/mol. The predicted molar refractivity (Wildman–Crippen MR) is 69.8 cm³/mol. The first kappa shape index (κ1) is 13.8. The fourth-order valence-corrected chi connectivity index (χ4v) is 1.79. The number of nitrogens with zero attached hydrogens (tertiary/aromatic N) is 1. The van der Waals surface area contributed by atoms with Gasteiger partial charge in [-0.25, -0.2) is 4.39 Å². The molecular formula is C11H15BrFN3O. The number of oxime groups is 1. The van der Waals surface area contributed by atoms with Gasteiger partial charge in [-0.05, 0) is 40.5 Å². The molecule has 6 heteroatoms. The van der Waals surface area contributed by atoms with Gasteiger partial charge in [0.1, 0.15) is 11.7 Å². The lowest BCUT2D eigenvalue weighted by Gasteiger charge is -2.17. The minimum absolute atomic E-state index is 0.0447. The summed E-state index contributed by atoms with van der Waals surface area (Å²) in [6, 6.07) is 4.73. The summed E-state index contributed by atoms with van der Waals surface area (Å²) in [4.78, 5) is 0. The third-order valence-electron chi connectivity index (χ3n) is 2.37. The minimum Gasteiger partial charge on any atom is -0.409 e. The van der Waals surface area contributed by atoms with Crippen LogP contribution in [-0.4, -0.2) is 17.1 Å². The highest BCUT2D eigenvalue weighted by Gasteiger charge is 2.09. The molecule has 1 atom stereocenters. The van der Waals surface area contributed by atoms with Crippen molar-refractivity contribution < 1.29 is 9.60 Å². The van der Waals surface area contributed by atoms with Crippen LogP contribution in [0.2, 0.25) is 0 Å². The van der Waals surface area contributed by atoms with E-state index >= 15 is 0 Å². The monoisotopic (exact) mass is 303 g/mol. The fourth-order valence-electron chi connectivity index (χ4n) is 1.41. The Bertz CT molecular complexity index is 412. The Kier molecular flexibility index (Phi) is 5.21. The smallest absolute Gasteiger partial charge is 0.141 e. The maximum absolute atomic E-state index is 13.0. The summed E-state index contributed by atoms with van der Waals surface area (Å²) in [5, 5.41) is 14.6. The van der Waals surface area contributed by atoms with Crippen LogP contribution in [-0.2, 0) is 0 Å². The molecule has 4 nitrogen and oxygen atoms in total. The van der Waals surface area contributed by atoms with Gasteiger partial charge in [-0.15, -0.1) is 0 Å². The van der Waals surface area contributed by atoms with Crippen LogP contribution < -0.4 is 11.1 Å². The van der Waals surface area contributed by atoms with Crippen molar-refractivity contribution in [1.29, 1.82) is 0 Å². The standard InChI is InChI=1S/C11H15BrFN3O/c1-2-7(6-11(14)16-17)15-8-3-4-10(13)9(12)5-8/h3-5,7,15,17H,2,6H2,1H3,(H2,14,16).